The lowest BCUT2D eigenvalue weighted by Crippen LogP contribution is -2.48. The van der Waals surface area contributed by atoms with E-state index in [1.54, 1.807) is 7.11 Å². The second-order valence-electron chi connectivity index (χ2n) is 6.47. The Kier molecular flexibility index (Phi) is 3.88. The van der Waals surface area contributed by atoms with E-state index in [0.29, 0.717) is 0 Å². The Morgan fingerprint density at radius 2 is 2.05 bits per heavy atom. The highest BCUT2D eigenvalue weighted by Crippen LogP contribution is 2.42. The normalized spacial score (nSPS) is 17.9. The molecular weight excluding hydrogens is 238 g/mol. The zero-order chi connectivity index (χ0) is 14.1. The van der Waals surface area contributed by atoms with Crippen LogP contribution in [0.2, 0.25) is 0 Å². The molecule has 0 aromatic heterocycles. The van der Waals surface area contributed by atoms with Crippen molar-refractivity contribution in [3.8, 4) is 5.75 Å². The summed E-state index contributed by atoms with van der Waals surface area (Å²) in [6.45, 7) is 7.80. The van der Waals surface area contributed by atoms with Crippen LogP contribution in [-0.2, 0) is 10.2 Å². The molecule has 0 unspecified atom stereocenters. The predicted molar refractivity (Wildman–Crippen MR) is 77.7 cm³/mol. The third-order valence-electron chi connectivity index (χ3n) is 3.93. The third kappa shape index (κ3) is 3.10. The van der Waals surface area contributed by atoms with Crippen molar-refractivity contribution in [3.63, 3.8) is 0 Å². The molecule has 0 bridgehead atoms. The Bertz CT molecular complexity index is 445. The Morgan fingerprint density at radius 1 is 1.37 bits per heavy atom. The number of ether oxygens (including phenoxy) is 2. The van der Waals surface area contributed by atoms with Gasteiger partial charge >= 0.3 is 0 Å². The second kappa shape index (κ2) is 5.14. The van der Waals surface area contributed by atoms with Gasteiger partial charge in [0, 0.05) is 16.5 Å². The number of hydrogen-bond acceptors (Lipinski definition) is 3. The molecule has 0 amide bonds. The maximum atomic E-state index is 6.13. The van der Waals surface area contributed by atoms with Crippen LogP contribution in [-0.4, -0.2) is 25.9 Å². The minimum atomic E-state index is -0.139. The molecule has 3 nitrogen and oxygen atoms in total. The zero-order valence-corrected chi connectivity index (χ0v) is 12.5. The first kappa shape index (κ1) is 14.4. The van der Waals surface area contributed by atoms with Crippen molar-refractivity contribution in [2.75, 3.05) is 20.3 Å². The monoisotopic (exact) mass is 263 g/mol. The molecule has 2 rings (SSSR count). The van der Waals surface area contributed by atoms with Crippen molar-refractivity contribution in [1.82, 2.24) is 0 Å². The van der Waals surface area contributed by atoms with Crippen molar-refractivity contribution < 1.29 is 9.47 Å². The van der Waals surface area contributed by atoms with Gasteiger partial charge in [-0.05, 0) is 39.7 Å². The molecule has 0 aliphatic carbocycles. The molecule has 0 saturated carbocycles. The Balaban J connectivity index is 2.28. The highest BCUT2D eigenvalue weighted by molar-refractivity contribution is 5.43. The van der Waals surface area contributed by atoms with Gasteiger partial charge in [0.05, 0.1) is 20.3 Å². The van der Waals surface area contributed by atoms with E-state index >= 15 is 0 Å². The lowest BCUT2D eigenvalue weighted by atomic mass is 9.72. The second-order valence-corrected chi connectivity index (χ2v) is 6.47. The van der Waals surface area contributed by atoms with Crippen LogP contribution in [0.3, 0.4) is 0 Å². The quantitative estimate of drug-likeness (QED) is 0.888. The van der Waals surface area contributed by atoms with Gasteiger partial charge in [0.1, 0.15) is 5.75 Å². The number of methoxy groups -OCH3 is 1. The van der Waals surface area contributed by atoms with Gasteiger partial charge in [0.2, 0.25) is 0 Å². The number of benzene rings is 1. The molecule has 106 valence electrons. The fourth-order valence-electron chi connectivity index (χ4n) is 2.58. The highest BCUT2D eigenvalue weighted by Gasteiger charge is 2.42. The Labute approximate surface area is 116 Å². The van der Waals surface area contributed by atoms with E-state index in [4.69, 9.17) is 15.2 Å². The summed E-state index contributed by atoms with van der Waals surface area (Å²) >= 11 is 0. The molecule has 1 aromatic carbocycles. The van der Waals surface area contributed by atoms with Crippen LogP contribution in [0.4, 0.5) is 0 Å². The van der Waals surface area contributed by atoms with Crippen LogP contribution in [0.5, 0.6) is 5.75 Å². The van der Waals surface area contributed by atoms with Gasteiger partial charge in [-0.2, -0.15) is 0 Å². The molecule has 1 fully saturated rings. The summed E-state index contributed by atoms with van der Waals surface area (Å²) in [4.78, 5) is 0. The molecular formula is C16H25NO2. The maximum Gasteiger partial charge on any atom is 0.122 e. The molecule has 1 saturated heterocycles. The van der Waals surface area contributed by atoms with Gasteiger partial charge in [-0.15, -0.1) is 0 Å². The predicted octanol–water partition coefficient (Wildman–Crippen LogP) is 2.79. The largest absolute Gasteiger partial charge is 0.496 e. The van der Waals surface area contributed by atoms with Gasteiger partial charge in [-0.3, -0.25) is 0 Å². The Morgan fingerprint density at radius 3 is 2.53 bits per heavy atom. The topological polar surface area (TPSA) is 44.5 Å². The Hall–Kier alpha value is -1.06. The SMILES string of the molecule is COc1ccc(C)cc1C1(CCC(C)(C)N)COC1. The summed E-state index contributed by atoms with van der Waals surface area (Å²) in [5.74, 6) is 0.962. The first-order valence-electron chi connectivity index (χ1n) is 6.88. The molecule has 19 heavy (non-hydrogen) atoms. The van der Waals surface area contributed by atoms with Crippen LogP contribution >= 0.6 is 0 Å². The fraction of sp³-hybridized carbons (Fsp3) is 0.625. The summed E-state index contributed by atoms with van der Waals surface area (Å²) in [6.07, 6.45) is 2.02. The van der Waals surface area contributed by atoms with Crippen LogP contribution in [0.25, 0.3) is 0 Å². The lowest BCUT2D eigenvalue weighted by molar-refractivity contribution is -0.0678. The van der Waals surface area contributed by atoms with E-state index < -0.39 is 0 Å². The first-order chi connectivity index (χ1) is 8.86. The molecule has 3 heteroatoms. The molecule has 1 heterocycles. The van der Waals surface area contributed by atoms with Crippen molar-refractivity contribution in [3.05, 3.63) is 29.3 Å². The smallest absolute Gasteiger partial charge is 0.122 e. The van der Waals surface area contributed by atoms with Crippen LogP contribution in [0, 0.1) is 6.92 Å². The minimum absolute atomic E-state index is 0.0774. The molecule has 1 aliphatic rings. The lowest BCUT2D eigenvalue weighted by Gasteiger charge is -2.44. The summed E-state index contributed by atoms with van der Waals surface area (Å²) in [7, 11) is 1.73. The average molecular weight is 263 g/mol. The molecule has 0 radical (unpaired) electrons. The van der Waals surface area contributed by atoms with E-state index in [0.717, 1.165) is 31.8 Å². The van der Waals surface area contributed by atoms with Crippen molar-refractivity contribution in [1.29, 1.82) is 0 Å². The fourth-order valence-corrected chi connectivity index (χ4v) is 2.58. The summed E-state index contributed by atoms with van der Waals surface area (Å²) in [5.41, 5.74) is 8.59. The van der Waals surface area contributed by atoms with E-state index in [2.05, 4.69) is 39.0 Å². The molecule has 1 aromatic rings. The zero-order valence-electron chi connectivity index (χ0n) is 12.5. The van der Waals surface area contributed by atoms with E-state index in [1.807, 2.05) is 0 Å². The van der Waals surface area contributed by atoms with Gasteiger partial charge in [0.25, 0.3) is 0 Å². The van der Waals surface area contributed by atoms with E-state index in [9.17, 15) is 0 Å². The van der Waals surface area contributed by atoms with Gasteiger partial charge < -0.3 is 15.2 Å². The van der Waals surface area contributed by atoms with Crippen LogP contribution in [0.15, 0.2) is 18.2 Å². The first-order valence-corrected chi connectivity index (χ1v) is 6.88. The standard InChI is InChI=1S/C16H25NO2/c1-12-5-6-14(18-4)13(9-12)16(10-19-11-16)8-7-15(2,3)17/h5-6,9H,7-8,10-11,17H2,1-4H3. The minimum Gasteiger partial charge on any atom is -0.496 e. The highest BCUT2D eigenvalue weighted by atomic mass is 16.5. The van der Waals surface area contributed by atoms with Gasteiger partial charge in [-0.25, -0.2) is 0 Å². The molecule has 0 atom stereocenters. The van der Waals surface area contributed by atoms with Gasteiger partial charge in [-0.1, -0.05) is 17.7 Å². The maximum absolute atomic E-state index is 6.13. The summed E-state index contributed by atoms with van der Waals surface area (Å²) in [6, 6.07) is 6.37. The molecule has 1 aliphatic heterocycles. The molecule has 2 N–H and O–H groups in total. The number of nitrogens with two attached hydrogens (primary N) is 1. The van der Waals surface area contributed by atoms with Crippen LogP contribution < -0.4 is 10.5 Å². The van der Waals surface area contributed by atoms with E-state index in [1.165, 1.54) is 11.1 Å². The molecule has 0 spiro atoms. The van der Waals surface area contributed by atoms with Gasteiger partial charge in [0.15, 0.2) is 0 Å². The number of aryl methyl sites for hydroxylation is 1. The van der Waals surface area contributed by atoms with Crippen LogP contribution in [0.1, 0.15) is 37.8 Å². The summed E-state index contributed by atoms with van der Waals surface area (Å²) < 4.78 is 11.0. The van der Waals surface area contributed by atoms with Crippen molar-refractivity contribution in [2.45, 2.75) is 44.6 Å². The number of hydrogen-bond donors (Lipinski definition) is 1. The average Bonchev–Trinajstić information content (AvgIpc) is 2.26. The van der Waals surface area contributed by atoms with E-state index in [-0.39, 0.29) is 11.0 Å². The summed E-state index contributed by atoms with van der Waals surface area (Å²) in [5, 5.41) is 0. The number of rotatable bonds is 5. The van der Waals surface area contributed by atoms with Crippen molar-refractivity contribution in [2.24, 2.45) is 5.73 Å². The third-order valence-corrected chi connectivity index (χ3v) is 3.93. The van der Waals surface area contributed by atoms with Crippen molar-refractivity contribution >= 4 is 0 Å².